The van der Waals surface area contributed by atoms with Crippen LogP contribution >= 0.6 is 11.6 Å². The van der Waals surface area contributed by atoms with E-state index in [0.717, 1.165) is 0 Å². The summed E-state index contributed by atoms with van der Waals surface area (Å²) < 4.78 is 0. The van der Waals surface area contributed by atoms with Crippen LogP contribution in [0.3, 0.4) is 0 Å². The summed E-state index contributed by atoms with van der Waals surface area (Å²) in [4.78, 5) is 23.7. The molecule has 1 aromatic rings. The van der Waals surface area contributed by atoms with Gasteiger partial charge in [-0.25, -0.2) is 0 Å². The molecule has 5 nitrogen and oxygen atoms in total. The fourth-order valence-corrected chi connectivity index (χ4v) is 1.62. The zero-order valence-corrected chi connectivity index (χ0v) is 10.5. The molecule has 0 aromatic heterocycles. The summed E-state index contributed by atoms with van der Waals surface area (Å²) >= 11 is 5.76. The minimum Gasteiger partial charge on any atom is -0.328 e. The minimum absolute atomic E-state index is 0.0513. The van der Waals surface area contributed by atoms with E-state index in [1.165, 1.54) is 23.1 Å². The van der Waals surface area contributed by atoms with Crippen LogP contribution < -0.4 is 0 Å². The molecule has 1 rings (SSSR count). The number of amides is 1. The highest BCUT2D eigenvalue weighted by Gasteiger charge is 2.23. The van der Waals surface area contributed by atoms with Crippen LogP contribution in [0.1, 0.15) is 17.3 Å². The predicted octanol–water partition coefficient (Wildman–Crippen LogP) is 2.34. The average molecular weight is 267 g/mol. The first-order valence-electron chi connectivity index (χ1n) is 5.18. The van der Waals surface area contributed by atoms with Crippen LogP contribution in [-0.2, 0) is 0 Å². The van der Waals surface area contributed by atoms with Crippen molar-refractivity contribution in [2.75, 3.05) is 13.1 Å². The third-order valence-electron chi connectivity index (χ3n) is 2.34. The topological polar surface area (TPSA) is 63.5 Å². The molecule has 0 N–H and O–H groups in total. The van der Waals surface area contributed by atoms with Crippen molar-refractivity contribution >= 4 is 23.2 Å². The Bertz CT molecular complexity index is 523. The van der Waals surface area contributed by atoms with E-state index < -0.39 is 10.8 Å². The molecule has 18 heavy (non-hydrogen) atoms. The molecular weight excluding hydrogens is 256 g/mol. The largest absolute Gasteiger partial charge is 0.328 e. The highest BCUT2D eigenvalue weighted by atomic mass is 35.5. The van der Waals surface area contributed by atoms with E-state index in [-0.39, 0.29) is 22.8 Å². The lowest BCUT2D eigenvalue weighted by atomic mass is 10.1. The number of hydrogen-bond acceptors (Lipinski definition) is 3. The van der Waals surface area contributed by atoms with Gasteiger partial charge in [0.1, 0.15) is 5.56 Å². The van der Waals surface area contributed by atoms with Crippen LogP contribution in [0.15, 0.2) is 18.2 Å². The van der Waals surface area contributed by atoms with Gasteiger partial charge in [0.25, 0.3) is 11.6 Å². The number of hydrogen-bond donors (Lipinski definition) is 0. The van der Waals surface area contributed by atoms with Gasteiger partial charge in [-0.05, 0) is 19.1 Å². The molecule has 0 aliphatic heterocycles. The van der Waals surface area contributed by atoms with Gasteiger partial charge in [-0.3, -0.25) is 14.9 Å². The Morgan fingerprint density at radius 1 is 1.61 bits per heavy atom. The standard InChI is InChI=1S/C12H11ClN2O3/c1-3-7-14(4-2)12(16)10-8-9(13)5-6-11(10)15(17)18/h1,5-6,8H,4,7H2,2H3. The third-order valence-corrected chi connectivity index (χ3v) is 2.57. The molecule has 0 heterocycles. The molecule has 1 aromatic carbocycles. The lowest BCUT2D eigenvalue weighted by Gasteiger charge is -2.17. The van der Waals surface area contributed by atoms with Crippen molar-refractivity contribution in [2.45, 2.75) is 6.92 Å². The van der Waals surface area contributed by atoms with Gasteiger partial charge in [-0.15, -0.1) is 6.42 Å². The van der Waals surface area contributed by atoms with E-state index in [2.05, 4.69) is 5.92 Å². The van der Waals surface area contributed by atoms with Crippen LogP contribution in [-0.4, -0.2) is 28.8 Å². The quantitative estimate of drug-likeness (QED) is 0.477. The maximum absolute atomic E-state index is 12.1. The number of rotatable bonds is 4. The zero-order chi connectivity index (χ0) is 13.7. The van der Waals surface area contributed by atoms with Gasteiger partial charge in [0.05, 0.1) is 11.5 Å². The zero-order valence-electron chi connectivity index (χ0n) is 9.72. The van der Waals surface area contributed by atoms with E-state index in [4.69, 9.17) is 18.0 Å². The van der Waals surface area contributed by atoms with Gasteiger partial charge in [0.15, 0.2) is 0 Å². The number of terminal acetylenes is 1. The predicted molar refractivity (Wildman–Crippen MR) is 68.5 cm³/mol. The molecule has 0 aliphatic rings. The fraction of sp³-hybridized carbons (Fsp3) is 0.250. The van der Waals surface area contributed by atoms with E-state index in [1.54, 1.807) is 6.92 Å². The summed E-state index contributed by atoms with van der Waals surface area (Å²) in [5.74, 6) is 1.84. The van der Waals surface area contributed by atoms with Crippen LogP contribution in [0, 0.1) is 22.5 Å². The first-order valence-corrected chi connectivity index (χ1v) is 5.55. The van der Waals surface area contributed by atoms with Gasteiger partial charge in [0.2, 0.25) is 0 Å². The second-order valence-electron chi connectivity index (χ2n) is 3.44. The SMILES string of the molecule is C#CCN(CC)C(=O)c1cc(Cl)ccc1[N+](=O)[O-]. The Labute approximate surface area is 109 Å². The summed E-state index contributed by atoms with van der Waals surface area (Å²) in [6.45, 7) is 2.21. The van der Waals surface area contributed by atoms with Crippen molar-refractivity contribution in [3.05, 3.63) is 38.9 Å². The van der Waals surface area contributed by atoms with Crippen LogP contribution in [0.25, 0.3) is 0 Å². The normalized spacial score (nSPS) is 9.61. The maximum atomic E-state index is 12.1. The number of nitrogens with zero attached hydrogens (tertiary/aromatic N) is 2. The van der Waals surface area contributed by atoms with Crippen molar-refractivity contribution in [1.29, 1.82) is 0 Å². The van der Waals surface area contributed by atoms with E-state index in [9.17, 15) is 14.9 Å². The van der Waals surface area contributed by atoms with Crippen LogP contribution in [0.4, 0.5) is 5.69 Å². The number of carbonyl (C=O) groups is 1. The Kier molecular flexibility index (Phi) is 4.69. The maximum Gasteiger partial charge on any atom is 0.282 e. The molecule has 6 heteroatoms. The van der Waals surface area contributed by atoms with Gasteiger partial charge < -0.3 is 4.90 Å². The number of nitro groups is 1. The van der Waals surface area contributed by atoms with Crippen molar-refractivity contribution in [1.82, 2.24) is 4.90 Å². The van der Waals surface area contributed by atoms with Crippen molar-refractivity contribution < 1.29 is 9.72 Å². The first-order chi connectivity index (χ1) is 8.51. The molecule has 0 aliphatic carbocycles. The highest BCUT2D eigenvalue weighted by molar-refractivity contribution is 6.31. The van der Waals surface area contributed by atoms with E-state index in [1.807, 2.05) is 0 Å². The van der Waals surface area contributed by atoms with Crippen molar-refractivity contribution in [3.63, 3.8) is 0 Å². The molecule has 1 amide bonds. The van der Waals surface area contributed by atoms with Crippen LogP contribution in [0.2, 0.25) is 5.02 Å². The lowest BCUT2D eigenvalue weighted by molar-refractivity contribution is -0.385. The third kappa shape index (κ3) is 2.99. The number of benzene rings is 1. The second kappa shape index (κ2) is 6.03. The van der Waals surface area contributed by atoms with Crippen molar-refractivity contribution in [3.8, 4) is 12.3 Å². The Morgan fingerprint density at radius 2 is 2.28 bits per heavy atom. The van der Waals surface area contributed by atoms with Gasteiger partial charge >= 0.3 is 0 Å². The molecular formula is C12H11ClN2O3. The average Bonchev–Trinajstić information content (AvgIpc) is 2.34. The molecule has 0 atom stereocenters. The fourth-order valence-electron chi connectivity index (χ4n) is 1.45. The summed E-state index contributed by atoms with van der Waals surface area (Å²) in [7, 11) is 0. The van der Waals surface area contributed by atoms with Crippen LogP contribution in [0.5, 0.6) is 0 Å². The first kappa shape index (κ1) is 14.0. The van der Waals surface area contributed by atoms with Crippen molar-refractivity contribution in [2.24, 2.45) is 0 Å². The Balaban J connectivity index is 3.22. The number of nitro benzene ring substituents is 1. The molecule has 0 bridgehead atoms. The second-order valence-corrected chi connectivity index (χ2v) is 3.88. The summed E-state index contributed by atoms with van der Waals surface area (Å²) in [5.41, 5.74) is -0.329. The molecule has 0 saturated carbocycles. The smallest absolute Gasteiger partial charge is 0.282 e. The van der Waals surface area contributed by atoms with Gasteiger partial charge in [-0.1, -0.05) is 17.5 Å². The monoisotopic (exact) mass is 266 g/mol. The summed E-state index contributed by atoms with van der Waals surface area (Å²) in [6, 6.07) is 3.86. The molecule has 0 spiro atoms. The number of halogens is 1. The molecule has 0 radical (unpaired) electrons. The summed E-state index contributed by atoms with van der Waals surface area (Å²) in [5, 5.41) is 11.1. The minimum atomic E-state index is -0.618. The molecule has 0 fully saturated rings. The summed E-state index contributed by atoms with van der Waals surface area (Å²) in [6.07, 6.45) is 5.14. The number of carbonyl (C=O) groups excluding carboxylic acids is 1. The lowest BCUT2D eigenvalue weighted by Crippen LogP contribution is -2.31. The van der Waals surface area contributed by atoms with E-state index in [0.29, 0.717) is 6.54 Å². The highest BCUT2D eigenvalue weighted by Crippen LogP contribution is 2.24. The van der Waals surface area contributed by atoms with Gasteiger partial charge in [-0.2, -0.15) is 0 Å². The molecule has 94 valence electrons. The van der Waals surface area contributed by atoms with E-state index >= 15 is 0 Å². The molecule has 0 unspecified atom stereocenters. The molecule has 0 saturated heterocycles. The Morgan fingerprint density at radius 3 is 2.78 bits per heavy atom. The Hall–Kier alpha value is -2.06. The van der Waals surface area contributed by atoms with Gasteiger partial charge in [0, 0.05) is 17.6 Å².